The van der Waals surface area contributed by atoms with Gasteiger partial charge >= 0.3 is 0 Å². The van der Waals surface area contributed by atoms with Crippen molar-refractivity contribution in [3.8, 4) is 0 Å². The molecule has 2 aromatic rings. The largest absolute Gasteiger partial charge is 0.369 e. The SMILES string of the molecule is O=C1Cc2ccccc2CN1CCCN1CCN(c2ccccc2)CC1. The van der Waals surface area contributed by atoms with Gasteiger partial charge < -0.3 is 9.80 Å². The van der Waals surface area contributed by atoms with Crippen LogP contribution in [0.3, 0.4) is 0 Å². The monoisotopic (exact) mass is 349 g/mol. The summed E-state index contributed by atoms with van der Waals surface area (Å²) >= 11 is 0. The number of piperazine rings is 1. The molecule has 4 rings (SSSR count). The Kier molecular flexibility index (Phi) is 5.21. The predicted molar refractivity (Wildman–Crippen MR) is 105 cm³/mol. The van der Waals surface area contributed by atoms with Crippen LogP contribution in [0.5, 0.6) is 0 Å². The Morgan fingerprint density at radius 2 is 1.46 bits per heavy atom. The van der Waals surface area contributed by atoms with E-state index < -0.39 is 0 Å². The van der Waals surface area contributed by atoms with Gasteiger partial charge in [-0.15, -0.1) is 0 Å². The fraction of sp³-hybridized carbons (Fsp3) is 0.409. The molecule has 0 aromatic heterocycles. The number of carbonyl (C=O) groups is 1. The second-order valence-electron chi connectivity index (χ2n) is 7.28. The van der Waals surface area contributed by atoms with Gasteiger partial charge in [0.05, 0.1) is 6.42 Å². The molecule has 0 atom stereocenters. The number of carbonyl (C=O) groups excluding carboxylic acids is 1. The molecule has 26 heavy (non-hydrogen) atoms. The van der Waals surface area contributed by atoms with E-state index in [1.807, 2.05) is 11.0 Å². The summed E-state index contributed by atoms with van der Waals surface area (Å²) in [6.07, 6.45) is 1.62. The zero-order valence-electron chi connectivity index (χ0n) is 15.3. The lowest BCUT2D eigenvalue weighted by atomic mass is 9.99. The van der Waals surface area contributed by atoms with Crippen molar-refractivity contribution in [2.24, 2.45) is 0 Å². The molecule has 136 valence electrons. The summed E-state index contributed by atoms with van der Waals surface area (Å²) in [6, 6.07) is 19.0. The van der Waals surface area contributed by atoms with Crippen LogP contribution in [-0.2, 0) is 17.8 Å². The van der Waals surface area contributed by atoms with E-state index in [1.54, 1.807) is 0 Å². The molecule has 2 aromatic carbocycles. The third-order valence-corrected chi connectivity index (χ3v) is 5.57. The first kappa shape index (κ1) is 17.1. The van der Waals surface area contributed by atoms with Crippen LogP contribution < -0.4 is 4.90 Å². The van der Waals surface area contributed by atoms with Crippen LogP contribution in [0.1, 0.15) is 17.5 Å². The number of para-hydroxylation sites is 1. The van der Waals surface area contributed by atoms with E-state index in [0.717, 1.165) is 52.2 Å². The number of anilines is 1. The Labute approximate surface area is 156 Å². The van der Waals surface area contributed by atoms with Gasteiger partial charge in [-0.3, -0.25) is 9.69 Å². The summed E-state index contributed by atoms with van der Waals surface area (Å²) in [5.41, 5.74) is 3.83. The predicted octanol–water partition coefficient (Wildman–Crippen LogP) is 2.78. The molecule has 0 spiro atoms. The maximum atomic E-state index is 12.3. The van der Waals surface area contributed by atoms with E-state index in [0.29, 0.717) is 6.42 Å². The molecule has 0 aliphatic carbocycles. The van der Waals surface area contributed by atoms with Crippen LogP contribution in [0.2, 0.25) is 0 Å². The molecule has 2 aliphatic heterocycles. The number of benzene rings is 2. The molecule has 0 unspecified atom stereocenters. The summed E-state index contributed by atoms with van der Waals surface area (Å²) in [6.45, 7) is 7.09. The quantitative estimate of drug-likeness (QED) is 0.830. The van der Waals surface area contributed by atoms with Crippen molar-refractivity contribution in [1.29, 1.82) is 0 Å². The number of hydrogen-bond acceptors (Lipinski definition) is 3. The molecular weight excluding hydrogens is 322 g/mol. The van der Waals surface area contributed by atoms with Gasteiger partial charge in [-0.25, -0.2) is 0 Å². The highest BCUT2D eigenvalue weighted by molar-refractivity contribution is 5.80. The zero-order chi connectivity index (χ0) is 17.8. The second kappa shape index (κ2) is 7.92. The minimum absolute atomic E-state index is 0.276. The summed E-state index contributed by atoms with van der Waals surface area (Å²) in [5.74, 6) is 0.276. The Morgan fingerprint density at radius 3 is 2.23 bits per heavy atom. The van der Waals surface area contributed by atoms with Crippen molar-refractivity contribution >= 4 is 11.6 Å². The smallest absolute Gasteiger partial charge is 0.227 e. The van der Waals surface area contributed by atoms with Gasteiger partial charge in [0, 0.05) is 45.0 Å². The molecule has 0 N–H and O–H groups in total. The van der Waals surface area contributed by atoms with Gasteiger partial charge in [0.15, 0.2) is 0 Å². The van der Waals surface area contributed by atoms with Crippen LogP contribution in [0.4, 0.5) is 5.69 Å². The van der Waals surface area contributed by atoms with Crippen LogP contribution in [-0.4, -0.2) is 55.0 Å². The van der Waals surface area contributed by atoms with Crippen molar-refractivity contribution < 1.29 is 4.79 Å². The van der Waals surface area contributed by atoms with Crippen molar-refractivity contribution in [3.63, 3.8) is 0 Å². The lowest BCUT2D eigenvalue weighted by molar-refractivity contribution is -0.132. The fourth-order valence-electron chi connectivity index (χ4n) is 4.01. The van der Waals surface area contributed by atoms with E-state index in [2.05, 4.69) is 58.3 Å². The Balaban J connectivity index is 1.22. The average molecular weight is 349 g/mol. The number of amides is 1. The highest BCUT2D eigenvalue weighted by Crippen LogP contribution is 2.20. The maximum absolute atomic E-state index is 12.3. The van der Waals surface area contributed by atoms with Crippen LogP contribution in [0, 0.1) is 0 Å². The van der Waals surface area contributed by atoms with Crippen molar-refractivity contribution in [2.45, 2.75) is 19.4 Å². The molecule has 0 bridgehead atoms. The number of fused-ring (bicyclic) bond motifs is 1. The molecular formula is C22H27N3O. The lowest BCUT2D eigenvalue weighted by Crippen LogP contribution is -2.47. The Morgan fingerprint density at radius 1 is 0.769 bits per heavy atom. The van der Waals surface area contributed by atoms with Gasteiger partial charge in [0.25, 0.3) is 0 Å². The van der Waals surface area contributed by atoms with Gasteiger partial charge in [-0.1, -0.05) is 42.5 Å². The van der Waals surface area contributed by atoms with Crippen LogP contribution in [0.25, 0.3) is 0 Å². The Bertz CT molecular complexity index is 738. The number of rotatable bonds is 5. The van der Waals surface area contributed by atoms with E-state index in [9.17, 15) is 4.79 Å². The Hall–Kier alpha value is -2.33. The third kappa shape index (κ3) is 3.91. The van der Waals surface area contributed by atoms with E-state index in [-0.39, 0.29) is 5.91 Å². The minimum atomic E-state index is 0.276. The van der Waals surface area contributed by atoms with Crippen molar-refractivity contribution in [1.82, 2.24) is 9.80 Å². The standard InChI is InChI=1S/C22H27N3O/c26-22-17-19-7-4-5-8-20(19)18-25(22)12-6-11-23-13-15-24(16-14-23)21-9-2-1-3-10-21/h1-5,7-10H,6,11-18H2. The van der Waals surface area contributed by atoms with Gasteiger partial charge in [0.2, 0.25) is 5.91 Å². The van der Waals surface area contributed by atoms with Crippen LogP contribution in [0.15, 0.2) is 54.6 Å². The van der Waals surface area contributed by atoms with Gasteiger partial charge in [-0.05, 0) is 36.2 Å². The molecule has 2 heterocycles. The zero-order valence-corrected chi connectivity index (χ0v) is 15.3. The lowest BCUT2D eigenvalue weighted by Gasteiger charge is -2.36. The van der Waals surface area contributed by atoms with Gasteiger partial charge in [-0.2, -0.15) is 0 Å². The second-order valence-corrected chi connectivity index (χ2v) is 7.28. The first-order valence-electron chi connectivity index (χ1n) is 9.66. The van der Waals surface area contributed by atoms with E-state index in [4.69, 9.17) is 0 Å². The maximum Gasteiger partial charge on any atom is 0.227 e. The van der Waals surface area contributed by atoms with E-state index >= 15 is 0 Å². The summed E-state index contributed by atoms with van der Waals surface area (Å²) < 4.78 is 0. The third-order valence-electron chi connectivity index (χ3n) is 5.57. The summed E-state index contributed by atoms with van der Waals surface area (Å²) in [5, 5.41) is 0. The van der Waals surface area contributed by atoms with Crippen molar-refractivity contribution in [2.75, 3.05) is 44.2 Å². The summed E-state index contributed by atoms with van der Waals surface area (Å²) in [7, 11) is 0. The molecule has 1 saturated heterocycles. The minimum Gasteiger partial charge on any atom is -0.369 e. The molecule has 0 saturated carbocycles. The fourth-order valence-corrected chi connectivity index (χ4v) is 4.01. The molecule has 4 nitrogen and oxygen atoms in total. The highest BCUT2D eigenvalue weighted by Gasteiger charge is 2.23. The molecule has 0 radical (unpaired) electrons. The first-order valence-corrected chi connectivity index (χ1v) is 9.66. The first-order chi connectivity index (χ1) is 12.8. The molecule has 1 amide bonds. The van der Waals surface area contributed by atoms with Crippen molar-refractivity contribution in [3.05, 3.63) is 65.7 Å². The molecule has 1 fully saturated rings. The highest BCUT2D eigenvalue weighted by atomic mass is 16.2. The molecule has 2 aliphatic rings. The number of hydrogen-bond donors (Lipinski definition) is 0. The van der Waals surface area contributed by atoms with Crippen LogP contribution >= 0.6 is 0 Å². The molecule has 4 heteroatoms. The number of nitrogens with zero attached hydrogens (tertiary/aromatic N) is 3. The topological polar surface area (TPSA) is 26.8 Å². The van der Waals surface area contributed by atoms with E-state index in [1.165, 1.54) is 16.8 Å². The van der Waals surface area contributed by atoms with Gasteiger partial charge in [0.1, 0.15) is 0 Å². The summed E-state index contributed by atoms with van der Waals surface area (Å²) in [4.78, 5) is 19.4. The normalized spacial score (nSPS) is 18.1. The average Bonchev–Trinajstić information content (AvgIpc) is 2.69.